The third-order valence-corrected chi connectivity index (χ3v) is 4.89. The number of fused-ring (bicyclic) bond motifs is 1. The van der Waals surface area contributed by atoms with Crippen LogP contribution >= 0.6 is 23.5 Å². The molecule has 0 aromatic rings. The average Bonchev–Trinajstić information content (AvgIpc) is 2.35. The number of hydrogen-bond acceptors (Lipinski definition) is 6. The van der Waals surface area contributed by atoms with Gasteiger partial charge in [-0.05, 0) is 11.8 Å². The van der Waals surface area contributed by atoms with Crippen molar-refractivity contribution in [1.82, 2.24) is 10.2 Å². The Hall–Kier alpha value is -1.15. The van der Waals surface area contributed by atoms with Gasteiger partial charge in [0, 0.05) is 18.4 Å². The lowest BCUT2D eigenvalue weighted by molar-refractivity contribution is -0.301. The molecule has 0 unspecified atom stereocenters. The Bertz CT molecular complexity index is 477. The molecule has 0 aromatic carbocycles. The SMILES string of the molecule is CSCC1=C(C(=O)[O-])N2C(=O)[C@@H](NC(C)=O)[C@H]2SC1. The second-order valence-electron chi connectivity index (χ2n) is 4.26. The Morgan fingerprint density at radius 3 is 2.79 bits per heavy atom. The summed E-state index contributed by atoms with van der Waals surface area (Å²) >= 11 is 2.96. The summed E-state index contributed by atoms with van der Waals surface area (Å²) in [6.07, 6.45) is 1.87. The maximum atomic E-state index is 12.0. The number of rotatable bonds is 4. The van der Waals surface area contributed by atoms with Crippen LogP contribution in [0.1, 0.15) is 6.92 Å². The quantitative estimate of drug-likeness (QED) is 0.654. The van der Waals surface area contributed by atoms with E-state index in [0.717, 1.165) is 0 Å². The van der Waals surface area contributed by atoms with Crippen LogP contribution in [0.3, 0.4) is 0 Å². The second kappa shape index (κ2) is 5.46. The number of β-lactam (4-membered cyclic amide) rings is 1. The van der Waals surface area contributed by atoms with Gasteiger partial charge >= 0.3 is 0 Å². The van der Waals surface area contributed by atoms with Gasteiger partial charge in [-0.2, -0.15) is 11.8 Å². The number of carbonyl (C=O) groups is 3. The highest BCUT2D eigenvalue weighted by atomic mass is 32.2. The third-order valence-electron chi connectivity index (χ3n) is 2.92. The Labute approximate surface area is 119 Å². The number of carbonyl (C=O) groups excluding carboxylic acids is 3. The molecule has 0 aromatic heterocycles. The number of nitrogens with one attached hydrogen (secondary N) is 1. The van der Waals surface area contributed by atoms with Gasteiger partial charge in [0.05, 0.1) is 11.7 Å². The minimum Gasteiger partial charge on any atom is -0.543 e. The fourth-order valence-electron chi connectivity index (χ4n) is 2.18. The van der Waals surface area contributed by atoms with Crippen molar-refractivity contribution < 1.29 is 19.5 Å². The molecule has 0 radical (unpaired) electrons. The monoisotopic (exact) mass is 301 g/mol. The van der Waals surface area contributed by atoms with Gasteiger partial charge in [-0.15, -0.1) is 11.8 Å². The van der Waals surface area contributed by atoms with Crippen molar-refractivity contribution in [2.45, 2.75) is 18.3 Å². The predicted octanol–water partition coefficient (Wildman–Crippen LogP) is -1.23. The fraction of sp³-hybridized carbons (Fsp3) is 0.545. The second-order valence-corrected chi connectivity index (χ2v) is 6.23. The smallest absolute Gasteiger partial charge is 0.253 e. The van der Waals surface area contributed by atoms with Gasteiger partial charge in [0.2, 0.25) is 5.91 Å². The maximum absolute atomic E-state index is 12.0. The molecule has 0 spiro atoms. The third kappa shape index (κ3) is 2.46. The van der Waals surface area contributed by atoms with Crippen LogP contribution in [-0.2, 0) is 14.4 Å². The summed E-state index contributed by atoms with van der Waals surface area (Å²) < 4.78 is 0. The van der Waals surface area contributed by atoms with E-state index < -0.39 is 12.0 Å². The molecule has 6 nitrogen and oxygen atoms in total. The zero-order valence-corrected chi connectivity index (χ0v) is 12.1. The van der Waals surface area contributed by atoms with Crippen molar-refractivity contribution in [3.63, 3.8) is 0 Å². The number of aliphatic carboxylic acids is 1. The topological polar surface area (TPSA) is 89.5 Å². The van der Waals surface area contributed by atoms with Crippen molar-refractivity contribution in [1.29, 1.82) is 0 Å². The fourth-order valence-corrected chi connectivity index (χ4v) is 4.24. The summed E-state index contributed by atoms with van der Waals surface area (Å²) in [6, 6.07) is -0.632. The largest absolute Gasteiger partial charge is 0.543 e. The predicted molar refractivity (Wildman–Crippen MR) is 71.1 cm³/mol. The summed E-state index contributed by atoms with van der Waals surface area (Å²) in [5.41, 5.74) is 0.674. The molecule has 1 fully saturated rings. The number of hydrogen-bond donors (Lipinski definition) is 1. The molecule has 0 aliphatic carbocycles. The summed E-state index contributed by atoms with van der Waals surface area (Å²) in [7, 11) is 0. The maximum Gasteiger partial charge on any atom is 0.253 e. The Morgan fingerprint density at radius 2 is 2.26 bits per heavy atom. The van der Waals surface area contributed by atoms with Crippen LogP contribution in [-0.4, -0.2) is 51.9 Å². The van der Waals surface area contributed by atoms with E-state index in [1.165, 1.54) is 35.3 Å². The van der Waals surface area contributed by atoms with E-state index in [1.807, 2.05) is 6.26 Å². The standard InChI is InChI=1S/C11H14N2O4S2/c1-5(14)12-7-9(15)13-8(11(16)17)6(3-18-2)4-19-10(7)13/h7,10H,3-4H2,1-2H3,(H,12,14)(H,16,17)/p-1/t7-,10-/m1/s1. The first-order valence-corrected chi connectivity index (χ1v) is 8.05. The van der Waals surface area contributed by atoms with E-state index in [9.17, 15) is 19.5 Å². The van der Waals surface area contributed by atoms with Crippen LogP contribution in [0, 0.1) is 0 Å². The van der Waals surface area contributed by atoms with E-state index in [1.54, 1.807) is 0 Å². The molecule has 0 saturated carbocycles. The van der Waals surface area contributed by atoms with Crippen LogP contribution in [0.15, 0.2) is 11.3 Å². The zero-order chi connectivity index (χ0) is 14.2. The summed E-state index contributed by atoms with van der Waals surface area (Å²) in [5, 5.41) is 13.4. The summed E-state index contributed by atoms with van der Waals surface area (Å²) in [4.78, 5) is 35.4. The van der Waals surface area contributed by atoms with E-state index in [4.69, 9.17) is 0 Å². The van der Waals surface area contributed by atoms with Crippen molar-refractivity contribution >= 4 is 41.3 Å². The van der Waals surface area contributed by atoms with Gasteiger partial charge in [0.15, 0.2) is 0 Å². The lowest BCUT2D eigenvalue weighted by Gasteiger charge is -2.50. The molecule has 8 heteroatoms. The minimum absolute atomic E-state index is 0.0234. The zero-order valence-electron chi connectivity index (χ0n) is 10.5. The first-order valence-electron chi connectivity index (χ1n) is 5.61. The lowest BCUT2D eigenvalue weighted by atomic mass is 10.0. The molecule has 19 heavy (non-hydrogen) atoms. The molecule has 2 heterocycles. The van der Waals surface area contributed by atoms with E-state index in [-0.39, 0.29) is 22.9 Å². The Balaban J connectivity index is 2.25. The van der Waals surface area contributed by atoms with Gasteiger partial charge in [-0.1, -0.05) is 0 Å². The summed E-state index contributed by atoms with van der Waals surface area (Å²) in [6.45, 7) is 1.33. The Morgan fingerprint density at radius 1 is 1.58 bits per heavy atom. The highest BCUT2D eigenvalue weighted by molar-refractivity contribution is 8.00. The lowest BCUT2D eigenvalue weighted by Crippen LogP contribution is -2.71. The van der Waals surface area contributed by atoms with Crippen molar-refractivity contribution in [2.75, 3.05) is 17.8 Å². The van der Waals surface area contributed by atoms with Gasteiger partial charge in [-0.25, -0.2) is 0 Å². The molecule has 0 bridgehead atoms. The minimum atomic E-state index is -1.33. The highest BCUT2D eigenvalue weighted by Crippen LogP contribution is 2.40. The van der Waals surface area contributed by atoms with Crippen molar-refractivity contribution in [3.05, 3.63) is 11.3 Å². The molecule has 1 N–H and O–H groups in total. The van der Waals surface area contributed by atoms with Crippen LogP contribution in [0.25, 0.3) is 0 Å². The molecular formula is C11H13N2O4S2-. The average molecular weight is 301 g/mol. The van der Waals surface area contributed by atoms with E-state index in [0.29, 0.717) is 17.1 Å². The van der Waals surface area contributed by atoms with Crippen molar-refractivity contribution in [3.8, 4) is 0 Å². The molecule has 2 atom stereocenters. The van der Waals surface area contributed by atoms with E-state index in [2.05, 4.69) is 5.32 Å². The Kier molecular flexibility index (Phi) is 4.10. The van der Waals surface area contributed by atoms with Crippen molar-refractivity contribution in [2.24, 2.45) is 0 Å². The van der Waals surface area contributed by atoms with Crippen LogP contribution in [0.2, 0.25) is 0 Å². The number of thioether (sulfide) groups is 2. The van der Waals surface area contributed by atoms with Crippen LogP contribution in [0.4, 0.5) is 0 Å². The normalized spacial score (nSPS) is 25.8. The number of amides is 2. The van der Waals surface area contributed by atoms with Crippen LogP contribution in [0.5, 0.6) is 0 Å². The number of nitrogens with zero attached hydrogens (tertiary/aromatic N) is 1. The van der Waals surface area contributed by atoms with Gasteiger partial charge in [0.1, 0.15) is 11.4 Å². The molecule has 2 aliphatic heterocycles. The molecule has 2 rings (SSSR count). The van der Waals surface area contributed by atoms with Gasteiger partial charge in [-0.3, -0.25) is 14.5 Å². The highest BCUT2D eigenvalue weighted by Gasteiger charge is 2.52. The summed E-state index contributed by atoms with van der Waals surface area (Å²) in [5.74, 6) is -0.923. The first kappa shape index (κ1) is 14.3. The van der Waals surface area contributed by atoms with Gasteiger partial charge < -0.3 is 15.2 Å². The van der Waals surface area contributed by atoms with Gasteiger partial charge in [0.25, 0.3) is 5.91 Å². The molecule has 2 aliphatic rings. The molecule has 2 amide bonds. The molecule has 1 saturated heterocycles. The number of carboxylic acid groups (broad SMARTS) is 1. The molecule has 104 valence electrons. The molecular weight excluding hydrogens is 288 g/mol. The first-order chi connectivity index (χ1) is 8.97. The van der Waals surface area contributed by atoms with Crippen LogP contribution < -0.4 is 10.4 Å². The van der Waals surface area contributed by atoms with E-state index >= 15 is 0 Å². The number of carboxylic acids is 1.